The van der Waals surface area contributed by atoms with Crippen LogP contribution in [0.4, 0.5) is 0 Å². The van der Waals surface area contributed by atoms with Crippen molar-refractivity contribution in [1.29, 1.82) is 0 Å². The van der Waals surface area contributed by atoms with E-state index in [1.54, 1.807) is 0 Å². The first-order valence-corrected chi connectivity index (χ1v) is 4.93. The van der Waals surface area contributed by atoms with Crippen molar-refractivity contribution >= 4 is 11.3 Å². The molecule has 0 amide bonds. The summed E-state index contributed by atoms with van der Waals surface area (Å²) in [5, 5.41) is 31.1. The van der Waals surface area contributed by atoms with Crippen LogP contribution >= 0.6 is 11.3 Å². The molecule has 0 saturated heterocycles. The number of aliphatic hydroxyl groups is 3. The summed E-state index contributed by atoms with van der Waals surface area (Å²) in [5.41, 5.74) is 8.03. The second-order valence-corrected chi connectivity index (χ2v) is 3.90. The Morgan fingerprint density at radius 1 is 1.60 bits per heavy atom. The predicted octanol–water partition coefficient (Wildman–Crippen LogP) is 0.340. The van der Waals surface area contributed by atoms with E-state index in [-0.39, 0.29) is 13.2 Å². The molecule has 2 atom stereocenters. The molecule has 0 aliphatic rings. The standard InChI is InChI=1S/C7H10N4O3S/c8-11-10-2-5(13)6(14)7-9-1-4(3-12)15-7/h1,5-6,12-14H,2-3H2. The van der Waals surface area contributed by atoms with Crippen LogP contribution in [0.25, 0.3) is 10.4 Å². The molecule has 0 aliphatic heterocycles. The van der Waals surface area contributed by atoms with Crippen LogP contribution in [0.2, 0.25) is 0 Å². The topological polar surface area (TPSA) is 122 Å². The molecule has 1 heterocycles. The molecular weight excluding hydrogens is 220 g/mol. The summed E-state index contributed by atoms with van der Waals surface area (Å²) in [7, 11) is 0. The average molecular weight is 230 g/mol. The van der Waals surface area contributed by atoms with Crippen LogP contribution < -0.4 is 0 Å². The molecule has 7 nitrogen and oxygen atoms in total. The van der Waals surface area contributed by atoms with Gasteiger partial charge in [0, 0.05) is 11.1 Å². The average Bonchev–Trinajstić information content (AvgIpc) is 2.73. The number of rotatable bonds is 5. The van der Waals surface area contributed by atoms with Gasteiger partial charge in [0.1, 0.15) is 11.1 Å². The number of aliphatic hydroxyl groups excluding tert-OH is 3. The van der Waals surface area contributed by atoms with Gasteiger partial charge in [0.2, 0.25) is 0 Å². The lowest BCUT2D eigenvalue weighted by atomic mass is 10.2. The van der Waals surface area contributed by atoms with E-state index >= 15 is 0 Å². The van der Waals surface area contributed by atoms with E-state index in [1.165, 1.54) is 6.20 Å². The van der Waals surface area contributed by atoms with Crippen LogP contribution in [0, 0.1) is 0 Å². The fraction of sp³-hybridized carbons (Fsp3) is 0.571. The van der Waals surface area contributed by atoms with E-state index in [0.717, 1.165) is 11.3 Å². The maximum atomic E-state index is 9.56. The zero-order chi connectivity index (χ0) is 11.3. The van der Waals surface area contributed by atoms with Gasteiger partial charge < -0.3 is 15.3 Å². The zero-order valence-corrected chi connectivity index (χ0v) is 8.50. The highest BCUT2D eigenvalue weighted by atomic mass is 32.1. The van der Waals surface area contributed by atoms with E-state index in [9.17, 15) is 10.2 Å². The Labute approximate surface area is 89.3 Å². The molecule has 0 radical (unpaired) electrons. The van der Waals surface area contributed by atoms with Gasteiger partial charge in [-0.25, -0.2) is 4.98 Å². The van der Waals surface area contributed by atoms with Crippen LogP contribution in [0.3, 0.4) is 0 Å². The van der Waals surface area contributed by atoms with E-state index in [2.05, 4.69) is 15.0 Å². The minimum atomic E-state index is -1.19. The molecule has 8 heteroatoms. The fourth-order valence-corrected chi connectivity index (χ4v) is 1.74. The smallest absolute Gasteiger partial charge is 0.131 e. The molecule has 0 saturated carbocycles. The summed E-state index contributed by atoms with van der Waals surface area (Å²) >= 11 is 1.10. The molecule has 2 unspecified atom stereocenters. The molecule has 1 aromatic rings. The Morgan fingerprint density at radius 2 is 2.33 bits per heavy atom. The van der Waals surface area contributed by atoms with Crippen molar-refractivity contribution in [2.45, 2.75) is 18.8 Å². The second-order valence-electron chi connectivity index (χ2n) is 2.75. The molecule has 1 aromatic heterocycles. The summed E-state index contributed by atoms with van der Waals surface area (Å²) < 4.78 is 0. The van der Waals surface area contributed by atoms with Gasteiger partial charge in [-0.15, -0.1) is 11.3 Å². The van der Waals surface area contributed by atoms with Crippen molar-refractivity contribution in [2.24, 2.45) is 5.11 Å². The third-order valence-electron chi connectivity index (χ3n) is 1.68. The molecule has 0 fully saturated rings. The quantitative estimate of drug-likeness (QED) is 0.383. The monoisotopic (exact) mass is 230 g/mol. The highest BCUT2D eigenvalue weighted by Crippen LogP contribution is 2.22. The largest absolute Gasteiger partial charge is 0.391 e. The minimum Gasteiger partial charge on any atom is -0.391 e. The molecule has 3 N–H and O–H groups in total. The molecule has 82 valence electrons. The first kappa shape index (κ1) is 11.9. The third kappa shape index (κ3) is 3.15. The maximum absolute atomic E-state index is 9.56. The summed E-state index contributed by atoms with van der Waals surface area (Å²) in [5.74, 6) is 0. The maximum Gasteiger partial charge on any atom is 0.131 e. The van der Waals surface area contributed by atoms with Crippen LogP contribution in [-0.2, 0) is 6.61 Å². The fourth-order valence-electron chi connectivity index (χ4n) is 0.917. The molecule has 0 spiro atoms. The number of hydrogen-bond donors (Lipinski definition) is 3. The molecule has 1 rings (SSSR count). The molecule has 0 aromatic carbocycles. The Balaban J connectivity index is 2.66. The minimum absolute atomic E-state index is 0.156. The Hall–Kier alpha value is -1.18. The highest BCUT2D eigenvalue weighted by Gasteiger charge is 2.20. The van der Waals surface area contributed by atoms with Gasteiger partial charge in [-0.2, -0.15) is 0 Å². The number of azide groups is 1. The SMILES string of the molecule is [N-]=[N+]=NCC(O)C(O)c1ncc(CO)s1. The summed E-state index contributed by atoms with van der Waals surface area (Å²) in [6.07, 6.45) is -0.955. The number of thiazole rings is 1. The first-order valence-electron chi connectivity index (χ1n) is 4.11. The third-order valence-corrected chi connectivity index (χ3v) is 2.73. The predicted molar refractivity (Wildman–Crippen MR) is 53.0 cm³/mol. The van der Waals surface area contributed by atoms with Crippen molar-refractivity contribution in [2.75, 3.05) is 6.54 Å². The molecular formula is C7H10N4O3S. The lowest BCUT2D eigenvalue weighted by Gasteiger charge is -2.12. The number of aromatic nitrogens is 1. The number of nitrogens with zero attached hydrogens (tertiary/aromatic N) is 4. The van der Waals surface area contributed by atoms with Crippen molar-refractivity contribution in [3.63, 3.8) is 0 Å². The van der Waals surface area contributed by atoms with E-state index in [0.29, 0.717) is 9.88 Å². The van der Waals surface area contributed by atoms with Crippen molar-refractivity contribution in [3.8, 4) is 0 Å². The first-order chi connectivity index (χ1) is 7.19. The Kier molecular flexibility index (Phi) is 4.47. The Bertz CT molecular complexity index is 363. The van der Waals surface area contributed by atoms with Gasteiger partial charge >= 0.3 is 0 Å². The summed E-state index contributed by atoms with van der Waals surface area (Å²) in [6.45, 7) is -0.372. The molecule has 0 aliphatic carbocycles. The van der Waals surface area contributed by atoms with Crippen LogP contribution in [0.1, 0.15) is 16.0 Å². The van der Waals surface area contributed by atoms with Crippen LogP contribution in [0.15, 0.2) is 11.3 Å². The van der Waals surface area contributed by atoms with Gasteiger partial charge in [-0.05, 0) is 5.53 Å². The van der Waals surface area contributed by atoms with Gasteiger partial charge in [0.15, 0.2) is 0 Å². The summed E-state index contributed by atoms with van der Waals surface area (Å²) in [6, 6.07) is 0. The number of hydrogen-bond acceptors (Lipinski definition) is 6. The van der Waals surface area contributed by atoms with Crippen LogP contribution in [0.5, 0.6) is 0 Å². The molecule has 0 bridgehead atoms. The lowest BCUT2D eigenvalue weighted by Crippen LogP contribution is -2.20. The lowest BCUT2D eigenvalue weighted by molar-refractivity contribution is 0.0243. The van der Waals surface area contributed by atoms with Gasteiger partial charge in [0.05, 0.1) is 24.1 Å². The zero-order valence-electron chi connectivity index (χ0n) is 7.69. The van der Waals surface area contributed by atoms with Gasteiger partial charge in [-0.3, -0.25) is 0 Å². The van der Waals surface area contributed by atoms with Gasteiger partial charge in [0.25, 0.3) is 0 Å². The van der Waals surface area contributed by atoms with E-state index in [4.69, 9.17) is 10.6 Å². The van der Waals surface area contributed by atoms with Crippen molar-refractivity contribution in [3.05, 3.63) is 26.5 Å². The van der Waals surface area contributed by atoms with E-state index < -0.39 is 12.2 Å². The van der Waals surface area contributed by atoms with Crippen molar-refractivity contribution < 1.29 is 15.3 Å². The summed E-state index contributed by atoms with van der Waals surface area (Å²) in [4.78, 5) is 6.90. The normalized spacial score (nSPS) is 14.3. The Morgan fingerprint density at radius 3 is 2.87 bits per heavy atom. The molecule has 15 heavy (non-hydrogen) atoms. The van der Waals surface area contributed by atoms with E-state index in [1.807, 2.05) is 0 Å². The van der Waals surface area contributed by atoms with Crippen molar-refractivity contribution in [1.82, 2.24) is 4.98 Å². The highest BCUT2D eigenvalue weighted by molar-refractivity contribution is 7.11. The van der Waals surface area contributed by atoms with Crippen LogP contribution in [-0.4, -0.2) is 33.0 Å². The van der Waals surface area contributed by atoms with Gasteiger partial charge in [-0.1, -0.05) is 5.11 Å². The second kappa shape index (κ2) is 5.64.